The van der Waals surface area contributed by atoms with Crippen molar-refractivity contribution in [1.82, 2.24) is 13.7 Å². The lowest BCUT2D eigenvalue weighted by Gasteiger charge is -2.26. The van der Waals surface area contributed by atoms with Gasteiger partial charge in [-0.05, 0) is 32.1 Å². The van der Waals surface area contributed by atoms with Gasteiger partial charge in [0.1, 0.15) is 18.3 Å². The standard InChI is InChI=1S/C28H47N3O9S2/c1-8-13-29-24(36)30(17-20(32)16-27(4,5)9-2)26(38)31(25(29)37)18-21(33)19-39-22(34)11-14-41-42-15-12-23(35)40-28(6,7)10-3/h8,20-21,32-33H,1,9-19H2,2-7H3. The second-order valence-corrected chi connectivity index (χ2v) is 14.1. The predicted molar refractivity (Wildman–Crippen MR) is 166 cm³/mol. The van der Waals surface area contributed by atoms with E-state index in [9.17, 15) is 34.2 Å². The highest BCUT2D eigenvalue weighted by Crippen LogP contribution is 2.26. The monoisotopic (exact) mass is 633 g/mol. The summed E-state index contributed by atoms with van der Waals surface area (Å²) in [7, 11) is 2.83. The second-order valence-electron chi connectivity index (χ2n) is 11.4. The molecule has 1 rings (SSSR count). The third-order valence-electron chi connectivity index (χ3n) is 6.77. The molecule has 0 saturated carbocycles. The molecule has 2 atom stereocenters. The van der Waals surface area contributed by atoms with Gasteiger partial charge in [0.05, 0.1) is 38.6 Å². The first-order valence-corrected chi connectivity index (χ1v) is 16.6. The minimum atomic E-state index is -1.40. The molecule has 0 spiro atoms. The largest absolute Gasteiger partial charge is 0.463 e. The third-order valence-corrected chi connectivity index (χ3v) is 9.18. The van der Waals surface area contributed by atoms with Gasteiger partial charge in [-0.2, -0.15) is 0 Å². The van der Waals surface area contributed by atoms with E-state index in [1.807, 2.05) is 41.5 Å². The summed E-state index contributed by atoms with van der Waals surface area (Å²) in [5, 5.41) is 21.0. The van der Waals surface area contributed by atoms with Crippen LogP contribution in [0.3, 0.4) is 0 Å². The number of aliphatic hydroxyl groups excluding tert-OH is 2. The van der Waals surface area contributed by atoms with Crippen LogP contribution in [0.4, 0.5) is 0 Å². The van der Waals surface area contributed by atoms with E-state index in [2.05, 4.69) is 6.58 Å². The summed E-state index contributed by atoms with van der Waals surface area (Å²) in [6, 6.07) is 0. The number of nitrogens with zero attached hydrogens (tertiary/aromatic N) is 3. The molecule has 2 unspecified atom stereocenters. The molecule has 12 nitrogen and oxygen atoms in total. The molecule has 2 N–H and O–H groups in total. The van der Waals surface area contributed by atoms with Crippen molar-refractivity contribution in [3.63, 3.8) is 0 Å². The number of hydrogen-bond donors (Lipinski definition) is 2. The van der Waals surface area contributed by atoms with Gasteiger partial charge in [-0.25, -0.2) is 28.1 Å². The van der Waals surface area contributed by atoms with Crippen LogP contribution in [0.25, 0.3) is 0 Å². The van der Waals surface area contributed by atoms with E-state index in [4.69, 9.17) is 9.47 Å². The van der Waals surface area contributed by atoms with E-state index in [1.165, 1.54) is 27.7 Å². The first kappa shape index (κ1) is 37.7. The number of aliphatic hydroxyl groups is 2. The number of ether oxygens (including phenoxy) is 2. The van der Waals surface area contributed by atoms with Crippen molar-refractivity contribution in [2.75, 3.05) is 18.1 Å². The van der Waals surface area contributed by atoms with Crippen molar-refractivity contribution >= 4 is 33.5 Å². The SMILES string of the molecule is C=CCn1c(=O)n(CC(O)COC(=O)CCSSCCC(=O)OC(C)(C)CC)c(=O)n(CC(O)CC(C)(C)CC)c1=O. The fourth-order valence-electron chi connectivity index (χ4n) is 3.66. The van der Waals surface area contributed by atoms with Crippen LogP contribution in [0.2, 0.25) is 0 Å². The molecule has 0 aliphatic heterocycles. The average molecular weight is 634 g/mol. The molecule has 240 valence electrons. The van der Waals surface area contributed by atoms with Crippen molar-refractivity contribution in [3.05, 3.63) is 44.1 Å². The Labute approximate surface area is 254 Å². The Kier molecular flexibility index (Phi) is 15.9. The summed E-state index contributed by atoms with van der Waals surface area (Å²) in [6.07, 6.45) is 1.05. The molecule has 14 heteroatoms. The topological polar surface area (TPSA) is 159 Å². The van der Waals surface area contributed by atoms with Gasteiger partial charge in [0, 0.05) is 11.5 Å². The van der Waals surface area contributed by atoms with Gasteiger partial charge in [-0.15, -0.1) is 6.58 Å². The van der Waals surface area contributed by atoms with Crippen molar-refractivity contribution in [3.8, 4) is 0 Å². The molecule has 0 aliphatic carbocycles. The maximum Gasteiger partial charge on any atom is 0.336 e. The van der Waals surface area contributed by atoms with Gasteiger partial charge >= 0.3 is 29.0 Å². The number of carbonyl (C=O) groups excluding carboxylic acids is 2. The van der Waals surface area contributed by atoms with Crippen LogP contribution in [0.5, 0.6) is 0 Å². The Balaban J connectivity index is 2.71. The van der Waals surface area contributed by atoms with Crippen LogP contribution in [0.1, 0.15) is 73.6 Å². The summed E-state index contributed by atoms with van der Waals surface area (Å²) in [4.78, 5) is 62.8. The van der Waals surface area contributed by atoms with Crippen LogP contribution >= 0.6 is 21.6 Å². The van der Waals surface area contributed by atoms with Gasteiger partial charge in [-0.3, -0.25) is 9.59 Å². The molecule has 0 bridgehead atoms. The molecule has 0 aliphatic rings. The number of allylic oxidation sites excluding steroid dienone is 1. The summed E-state index contributed by atoms with van der Waals surface area (Å²) in [5.74, 6) is 0.105. The second kappa shape index (κ2) is 17.7. The van der Waals surface area contributed by atoms with Crippen molar-refractivity contribution in [1.29, 1.82) is 0 Å². The zero-order valence-corrected chi connectivity index (χ0v) is 27.3. The Morgan fingerprint density at radius 1 is 0.857 bits per heavy atom. The first-order chi connectivity index (χ1) is 19.6. The molecule has 0 saturated heterocycles. The van der Waals surface area contributed by atoms with Gasteiger partial charge in [0.2, 0.25) is 0 Å². The Morgan fingerprint density at radius 3 is 1.86 bits per heavy atom. The summed E-state index contributed by atoms with van der Waals surface area (Å²) < 4.78 is 12.7. The van der Waals surface area contributed by atoms with Crippen LogP contribution in [-0.2, 0) is 38.7 Å². The smallest absolute Gasteiger partial charge is 0.336 e. The predicted octanol–water partition coefficient (Wildman–Crippen LogP) is 2.34. The van der Waals surface area contributed by atoms with Crippen LogP contribution in [0.15, 0.2) is 27.0 Å². The molecule has 0 amide bonds. The van der Waals surface area contributed by atoms with E-state index in [-0.39, 0.29) is 37.3 Å². The van der Waals surface area contributed by atoms with E-state index >= 15 is 0 Å². The highest BCUT2D eigenvalue weighted by molar-refractivity contribution is 8.76. The van der Waals surface area contributed by atoms with Gasteiger partial charge < -0.3 is 19.7 Å². The quantitative estimate of drug-likeness (QED) is 0.0939. The number of rotatable bonds is 20. The molecular formula is C28H47N3O9S2. The minimum Gasteiger partial charge on any atom is -0.463 e. The maximum atomic E-state index is 13.1. The molecule has 42 heavy (non-hydrogen) atoms. The van der Waals surface area contributed by atoms with E-state index in [0.29, 0.717) is 22.5 Å². The third kappa shape index (κ3) is 12.9. The van der Waals surface area contributed by atoms with Crippen molar-refractivity contribution in [2.24, 2.45) is 5.41 Å². The fourth-order valence-corrected chi connectivity index (χ4v) is 5.60. The number of hydrogen-bond acceptors (Lipinski definition) is 11. The van der Waals surface area contributed by atoms with Crippen LogP contribution in [-0.4, -0.2) is 71.8 Å². The Morgan fingerprint density at radius 2 is 1.36 bits per heavy atom. The first-order valence-electron chi connectivity index (χ1n) is 14.1. The molecule has 0 aromatic carbocycles. The molecule has 1 aromatic rings. The van der Waals surface area contributed by atoms with E-state index in [1.54, 1.807) is 0 Å². The molecule has 1 heterocycles. The highest BCUT2D eigenvalue weighted by atomic mass is 33.1. The minimum absolute atomic E-state index is 0.0562. The van der Waals surface area contributed by atoms with Crippen molar-refractivity contribution in [2.45, 2.75) is 111 Å². The highest BCUT2D eigenvalue weighted by Gasteiger charge is 2.24. The van der Waals surface area contributed by atoms with Crippen LogP contribution in [0, 0.1) is 5.41 Å². The summed E-state index contributed by atoms with van der Waals surface area (Å²) in [6.45, 7) is 13.6. The van der Waals surface area contributed by atoms with E-state index < -0.39 is 54.0 Å². The fraction of sp³-hybridized carbons (Fsp3) is 0.750. The zero-order valence-electron chi connectivity index (χ0n) is 25.6. The molecule has 0 radical (unpaired) electrons. The summed E-state index contributed by atoms with van der Waals surface area (Å²) >= 11 is 0. The summed E-state index contributed by atoms with van der Waals surface area (Å²) in [5.41, 5.74) is -3.51. The Bertz CT molecular complexity index is 1220. The molecule has 1 aromatic heterocycles. The average Bonchev–Trinajstić information content (AvgIpc) is 2.91. The normalized spacial score (nSPS) is 13.4. The lowest BCUT2D eigenvalue weighted by Crippen LogP contribution is -2.56. The van der Waals surface area contributed by atoms with Crippen molar-refractivity contribution < 1.29 is 29.3 Å². The number of esters is 2. The van der Waals surface area contributed by atoms with Gasteiger partial charge in [0.15, 0.2) is 0 Å². The molecular weight excluding hydrogens is 586 g/mol. The Hall–Kier alpha value is -2.29. The molecule has 0 fully saturated rings. The van der Waals surface area contributed by atoms with E-state index in [0.717, 1.165) is 22.0 Å². The maximum absolute atomic E-state index is 13.1. The van der Waals surface area contributed by atoms with Gasteiger partial charge in [-0.1, -0.05) is 61.8 Å². The number of aromatic nitrogens is 3. The lowest BCUT2D eigenvalue weighted by atomic mass is 9.84. The zero-order chi connectivity index (χ0) is 32.1. The van der Waals surface area contributed by atoms with Crippen LogP contribution < -0.4 is 17.1 Å². The van der Waals surface area contributed by atoms with Gasteiger partial charge in [0.25, 0.3) is 0 Å². The lowest BCUT2D eigenvalue weighted by molar-refractivity contribution is -0.156. The number of carbonyl (C=O) groups is 2.